The molecule has 0 aromatic heterocycles. The summed E-state index contributed by atoms with van der Waals surface area (Å²) in [6, 6.07) is 0.0598. The Morgan fingerprint density at radius 1 is 1.27 bits per heavy atom. The van der Waals surface area contributed by atoms with Crippen molar-refractivity contribution in [3.63, 3.8) is 0 Å². The Hall–Kier alpha value is -0.130. The lowest BCUT2D eigenvalue weighted by Crippen LogP contribution is -2.39. The van der Waals surface area contributed by atoms with Gasteiger partial charge in [-0.3, -0.25) is 0 Å². The molecule has 0 heterocycles. The standard InChI is InChI=1S/C10H24N2O2S/c1-5-10(9(2)3)12-15(13,14)8-6-7-11-4/h9-12H,5-8H2,1-4H3. The zero-order valence-electron chi connectivity index (χ0n) is 10.2. The van der Waals surface area contributed by atoms with Gasteiger partial charge in [0.05, 0.1) is 5.75 Å². The fourth-order valence-corrected chi connectivity index (χ4v) is 2.96. The molecule has 0 fully saturated rings. The van der Waals surface area contributed by atoms with Gasteiger partial charge in [0.25, 0.3) is 0 Å². The molecule has 92 valence electrons. The molecular formula is C10H24N2O2S. The van der Waals surface area contributed by atoms with Crippen molar-refractivity contribution in [1.29, 1.82) is 0 Å². The van der Waals surface area contributed by atoms with E-state index in [1.165, 1.54) is 0 Å². The van der Waals surface area contributed by atoms with Crippen LogP contribution in [0.2, 0.25) is 0 Å². The second kappa shape index (κ2) is 7.19. The molecule has 0 saturated heterocycles. The average molecular weight is 236 g/mol. The number of hydrogen-bond donors (Lipinski definition) is 2. The van der Waals surface area contributed by atoms with E-state index in [0.29, 0.717) is 12.3 Å². The molecule has 0 aliphatic carbocycles. The van der Waals surface area contributed by atoms with Gasteiger partial charge in [-0.1, -0.05) is 20.8 Å². The molecule has 0 aliphatic heterocycles. The van der Waals surface area contributed by atoms with Crippen LogP contribution in [0.25, 0.3) is 0 Å². The lowest BCUT2D eigenvalue weighted by Gasteiger charge is -2.20. The van der Waals surface area contributed by atoms with E-state index in [1.807, 2.05) is 27.8 Å². The average Bonchev–Trinajstić information content (AvgIpc) is 2.14. The van der Waals surface area contributed by atoms with Gasteiger partial charge in [0.15, 0.2) is 0 Å². The molecule has 1 atom stereocenters. The molecule has 0 spiro atoms. The van der Waals surface area contributed by atoms with E-state index >= 15 is 0 Å². The minimum Gasteiger partial charge on any atom is -0.320 e. The topological polar surface area (TPSA) is 58.2 Å². The molecule has 2 N–H and O–H groups in total. The van der Waals surface area contributed by atoms with Crippen molar-refractivity contribution >= 4 is 10.0 Å². The summed E-state index contributed by atoms with van der Waals surface area (Å²) in [6.45, 7) is 6.80. The van der Waals surface area contributed by atoms with Crippen molar-refractivity contribution in [3.05, 3.63) is 0 Å². The molecule has 0 radical (unpaired) electrons. The fraction of sp³-hybridized carbons (Fsp3) is 1.00. The van der Waals surface area contributed by atoms with Gasteiger partial charge < -0.3 is 5.32 Å². The van der Waals surface area contributed by atoms with Crippen molar-refractivity contribution in [2.24, 2.45) is 5.92 Å². The van der Waals surface area contributed by atoms with Crippen molar-refractivity contribution in [2.75, 3.05) is 19.3 Å². The van der Waals surface area contributed by atoms with E-state index in [9.17, 15) is 8.42 Å². The Kier molecular flexibility index (Phi) is 7.13. The third-order valence-corrected chi connectivity index (χ3v) is 3.90. The normalized spacial score (nSPS) is 14.5. The van der Waals surface area contributed by atoms with E-state index in [0.717, 1.165) is 13.0 Å². The van der Waals surface area contributed by atoms with E-state index in [4.69, 9.17) is 0 Å². The molecule has 0 bridgehead atoms. The highest BCUT2D eigenvalue weighted by molar-refractivity contribution is 7.89. The van der Waals surface area contributed by atoms with Crippen LogP contribution >= 0.6 is 0 Å². The Bertz CT molecular complexity index is 250. The predicted octanol–water partition coefficient (Wildman–Crippen LogP) is 0.950. The van der Waals surface area contributed by atoms with E-state index in [1.54, 1.807) is 0 Å². The molecule has 1 unspecified atom stereocenters. The lowest BCUT2D eigenvalue weighted by molar-refractivity contribution is 0.437. The van der Waals surface area contributed by atoms with Crippen LogP contribution in [0.1, 0.15) is 33.6 Å². The molecule has 4 nitrogen and oxygen atoms in total. The summed E-state index contributed by atoms with van der Waals surface area (Å²) in [7, 11) is -1.28. The maximum absolute atomic E-state index is 11.6. The minimum atomic E-state index is -3.10. The zero-order valence-corrected chi connectivity index (χ0v) is 11.0. The summed E-state index contributed by atoms with van der Waals surface area (Å²) >= 11 is 0. The van der Waals surface area contributed by atoms with Crippen LogP contribution in [0.3, 0.4) is 0 Å². The third kappa shape index (κ3) is 6.87. The molecule has 0 saturated carbocycles. The summed E-state index contributed by atoms with van der Waals surface area (Å²) in [5.74, 6) is 0.547. The van der Waals surface area contributed by atoms with Gasteiger partial charge in [0.1, 0.15) is 0 Å². The van der Waals surface area contributed by atoms with Crippen LogP contribution in [-0.2, 0) is 10.0 Å². The van der Waals surface area contributed by atoms with Crippen LogP contribution in [0.15, 0.2) is 0 Å². The quantitative estimate of drug-likeness (QED) is 0.617. The summed E-state index contributed by atoms with van der Waals surface area (Å²) in [5, 5.41) is 2.94. The van der Waals surface area contributed by atoms with E-state index in [2.05, 4.69) is 10.0 Å². The minimum absolute atomic E-state index is 0.0598. The first kappa shape index (κ1) is 14.9. The number of sulfonamides is 1. The monoisotopic (exact) mass is 236 g/mol. The van der Waals surface area contributed by atoms with Gasteiger partial charge in [0.2, 0.25) is 10.0 Å². The molecular weight excluding hydrogens is 212 g/mol. The van der Waals surface area contributed by atoms with Gasteiger partial charge in [-0.05, 0) is 32.4 Å². The molecule has 0 aromatic rings. The van der Waals surface area contributed by atoms with Crippen molar-refractivity contribution in [1.82, 2.24) is 10.0 Å². The largest absolute Gasteiger partial charge is 0.320 e. The Morgan fingerprint density at radius 3 is 2.27 bits per heavy atom. The fourth-order valence-electron chi connectivity index (χ4n) is 1.42. The van der Waals surface area contributed by atoms with Gasteiger partial charge >= 0.3 is 0 Å². The summed E-state index contributed by atoms with van der Waals surface area (Å²) in [4.78, 5) is 0. The highest BCUT2D eigenvalue weighted by atomic mass is 32.2. The SMILES string of the molecule is CCC(NS(=O)(=O)CCCNC)C(C)C. The van der Waals surface area contributed by atoms with Crippen LogP contribution in [0.4, 0.5) is 0 Å². The maximum atomic E-state index is 11.6. The number of hydrogen-bond acceptors (Lipinski definition) is 3. The summed E-state index contributed by atoms with van der Waals surface area (Å²) in [6.07, 6.45) is 1.49. The predicted molar refractivity (Wildman–Crippen MR) is 64.4 cm³/mol. The van der Waals surface area contributed by atoms with Gasteiger partial charge in [-0.15, -0.1) is 0 Å². The first-order valence-corrected chi connectivity index (χ1v) is 7.22. The van der Waals surface area contributed by atoms with Crippen LogP contribution in [0, 0.1) is 5.92 Å². The Labute approximate surface area is 93.9 Å². The van der Waals surface area contributed by atoms with Gasteiger partial charge in [0, 0.05) is 6.04 Å². The van der Waals surface area contributed by atoms with E-state index in [-0.39, 0.29) is 11.8 Å². The first-order valence-electron chi connectivity index (χ1n) is 5.57. The third-order valence-electron chi connectivity index (χ3n) is 2.42. The van der Waals surface area contributed by atoms with E-state index < -0.39 is 10.0 Å². The van der Waals surface area contributed by atoms with Crippen molar-refractivity contribution < 1.29 is 8.42 Å². The highest BCUT2D eigenvalue weighted by Gasteiger charge is 2.18. The molecule has 0 aromatic carbocycles. The molecule has 5 heteroatoms. The number of nitrogens with one attached hydrogen (secondary N) is 2. The second-order valence-corrected chi connectivity index (χ2v) is 6.03. The highest BCUT2D eigenvalue weighted by Crippen LogP contribution is 2.07. The Balaban J connectivity index is 4.11. The van der Waals surface area contributed by atoms with Crippen molar-refractivity contribution in [2.45, 2.75) is 39.7 Å². The lowest BCUT2D eigenvalue weighted by atomic mass is 10.0. The van der Waals surface area contributed by atoms with Crippen LogP contribution in [0.5, 0.6) is 0 Å². The maximum Gasteiger partial charge on any atom is 0.211 e. The summed E-state index contributed by atoms with van der Waals surface area (Å²) in [5.41, 5.74) is 0. The van der Waals surface area contributed by atoms with Gasteiger partial charge in [-0.25, -0.2) is 13.1 Å². The molecule has 0 amide bonds. The second-order valence-electron chi connectivity index (χ2n) is 4.15. The zero-order chi connectivity index (χ0) is 11.9. The van der Waals surface area contributed by atoms with Crippen LogP contribution in [-0.4, -0.2) is 33.8 Å². The smallest absolute Gasteiger partial charge is 0.211 e. The molecule has 0 rings (SSSR count). The van der Waals surface area contributed by atoms with Crippen molar-refractivity contribution in [3.8, 4) is 0 Å². The van der Waals surface area contributed by atoms with Gasteiger partial charge in [-0.2, -0.15) is 0 Å². The van der Waals surface area contributed by atoms with Crippen LogP contribution < -0.4 is 10.0 Å². The number of rotatable bonds is 8. The molecule has 0 aliphatic rings. The Morgan fingerprint density at radius 2 is 1.87 bits per heavy atom. The summed E-state index contributed by atoms with van der Waals surface area (Å²) < 4.78 is 26.0. The first-order chi connectivity index (χ1) is 6.93. The molecule has 15 heavy (non-hydrogen) atoms.